The molecule has 0 aliphatic heterocycles. The number of hydrogen-bond acceptors (Lipinski definition) is 3. The lowest BCUT2D eigenvalue weighted by atomic mass is 9.85. The average molecular weight is 219 g/mol. The maximum atomic E-state index is 5.91. The van der Waals surface area contributed by atoms with Gasteiger partial charge in [0.1, 0.15) is 0 Å². The second kappa shape index (κ2) is 5.30. The van der Waals surface area contributed by atoms with Crippen LogP contribution in [-0.2, 0) is 6.54 Å². The minimum absolute atomic E-state index is 0.814. The summed E-state index contributed by atoms with van der Waals surface area (Å²) in [4.78, 5) is 6.80. The fourth-order valence-electron chi connectivity index (χ4n) is 2.14. The van der Waals surface area contributed by atoms with Crippen LogP contribution in [0.5, 0.6) is 0 Å². The van der Waals surface area contributed by atoms with Crippen LogP contribution in [0.1, 0.15) is 31.9 Å². The van der Waals surface area contributed by atoms with Gasteiger partial charge in [-0.1, -0.05) is 13.3 Å². The first-order chi connectivity index (χ1) is 7.79. The van der Waals surface area contributed by atoms with Crippen molar-refractivity contribution in [3.05, 3.63) is 24.0 Å². The summed E-state index contributed by atoms with van der Waals surface area (Å²) in [6.07, 6.45) is 6.03. The van der Waals surface area contributed by atoms with Crippen LogP contribution in [0.2, 0.25) is 0 Å². The topological polar surface area (TPSA) is 42.2 Å². The quantitative estimate of drug-likeness (QED) is 0.826. The summed E-state index contributed by atoms with van der Waals surface area (Å²) >= 11 is 0. The largest absolute Gasteiger partial charge is 0.397 e. The molecule has 3 nitrogen and oxygen atoms in total. The van der Waals surface area contributed by atoms with Gasteiger partial charge in [-0.25, -0.2) is 0 Å². The van der Waals surface area contributed by atoms with E-state index in [1.54, 1.807) is 0 Å². The molecule has 1 fully saturated rings. The molecular weight excluding hydrogens is 198 g/mol. The molecule has 0 bridgehead atoms. The third-order valence-electron chi connectivity index (χ3n) is 3.49. The number of aromatic nitrogens is 1. The second-order valence-corrected chi connectivity index (χ2v) is 4.66. The number of anilines is 1. The molecule has 2 rings (SSSR count). The van der Waals surface area contributed by atoms with Crippen molar-refractivity contribution in [3.63, 3.8) is 0 Å². The van der Waals surface area contributed by atoms with Gasteiger partial charge >= 0.3 is 0 Å². The Bertz CT molecular complexity index is 334. The Morgan fingerprint density at radius 1 is 1.50 bits per heavy atom. The molecule has 0 radical (unpaired) electrons. The number of pyridine rings is 1. The molecule has 1 aromatic rings. The van der Waals surface area contributed by atoms with Gasteiger partial charge in [-0.05, 0) is 37.4 Å². The van der Waals surface area contributed by atoms with Gasteiger partial charge in [-0.2, -0.15) is 0 Å². The number of hydrogen-bond donors (Lipinski definition) is 1. The van der Waals surface area contributed by atoms with Crippen molar-refractivity contribution >= 4 is 5.69 Å². The number of nitrogens with zero attached hydrogens (tertiary/aromatic N) is 2. The van der Waals surface area contributed by atoms with E-state index in [9.17, 15) is 0 Å². The first-order valence-electron chi connectivity index (χ1n) is 6.21. The highest BCUT2D eigenvalue weighted by atomic mass is 15.1. The summed E-state index contributed by atoms with van der Waals surface area (Å²) in [5.74, 6) is 0.907. The Balaban J connectivity index is 1.92. The standard InChI is InChI=1S/C13H21N3/c1-2-16(9-11-5-3-6-11)10-13-12(14)7-4-8-15-13/h4,7-8,11H,2-3,5-6,9-10,14H2,1H3. The van der Waals surface area contributed by atoms with Gasteiger partial charge in [0, 0.05) is 19.3 Å². The molecule has 3 heteroatoms. The van der Waals surface area contributed by atoms with E-state index in [1.165, 1.54) is 25.8 Å². The summed E-state index contributed by atoms with van der Waals surface area (Å²) in [7, 11) is 0. The molecule has 0 amide bonds. The molecule has 0 saturated heterocycles. The maximum absolute atomic E-state index is 5.91. The Hall–Kier alpha value is -1.09. The molecule has 88 valence electrons. The lowest BCUT2D eigenvalue weighted by Gasteiger charge is -2.31. The van der Waals surface area contributed by atoms with Crippen LogP contribution in [-0.4, -0.2) is 23.0 Å². The highest BCUT2D eigenvalue weighted by Gasteiger charge is 2.20. The molecule has 16 heavy (non-hydrogen) atoms. The SMILES string of the molecule is CCN(Cc1ncccc1N)CC1CCC1. The van der Waals surface area contributed by atoms with Crippen molar-refractivity contribution in [2.75, 3.05) is 18.8 Å². The van der Waals surface area contributed by atoms with Crippen molar-refractivity contribution in [2.45, 2.75) is 32.7 Å². The van der Waals surface area contributed by atoms with Gasteiger partial charge < -0.3 is 5.73 Å². The molecule has 1 aliphatic carbocycles. The lowest BCUT2D eigenvalue weighted by molar-refractivity contribution is 0.177. The van der Waals surface area contributed by atoms with Crippen LogP contribution < -0.4 is 5.73 Å². The number of nitrogens with two attached hydrogens (primary N) is 1. The molecule has 0 atom stereocenters. The van der Waals surface area contributed by atoms with Crippen LogP contribution >= 0.6 is 0 Å². The van der Waals surface area contributed by atoms with Crippen LogP contribution in [0.25, 0.3) is 0 Å². The molecule has 1 aliphatic rings. The van der Waals surface area contributed by atoms with Gasteiger partial charge in [-0.15, -0.1) is 0 Å². The van der Waals surface area contributed by atoms with E-state index in [0.717, 1.165) is 30.4 Å². The summed E-state index contributed by atoms with van der Waals surface area (Å²) in [6.45, 7) is 5.37. The van der Waals surface area contributed by atoms with Gasteiger partial charge in [0.2, 0.25) is 0 Å². The van der Waals surface area contributed by atoms with E-state index in [2.05, 4.69) is 16.8 Å². The van der Waals surface area contributed by atoms with Crippen LogP contribution in [0.3, 0.4) is 0 Å². The Morgan fingerprint density at radius 3 is 2.88 bits per heavy atom. The van der Waals surface area contributed by atoms with Gasteiger partial charge in [0.15, 0.2) is 0 Å². The zero-order valence-corrected chi connectivity index (χ0v) is 10.0. The smallest absolute Gasteiger partial charge is 0.0772 e. The summed E-state index contributed by atoms with van der Waals surface area (Å²) in [6, 6.07) is 3.82. The zero-order chi connectivity index (χ0) is 11.4. The van der Waals surface area contributed by atoms with E-state index in [4.69, 9.17) is 5.73 Å². The highest BCUT2D eigenvalue weighted by Crippen LogP contribution is 2.27. The highest BCUT2D eigenvalue weighted by molar-refractivity contribution is 5.41. The Labute approximate surface area is 97.7 Å². The molecule has 1 saturated carbocycles. The predicted molar refractivity (Wildman–Crippen MR) is 66.9 cm³/mol. The first kappa shape index (κ1) is 11.4. The van der Waals surface area contributed by atoms with Crippen LogP contribution in [0.15, 0.2) is 18.3 Å². The van der Waals surface area contributed by atoms with Crippen molar-refractivity contribution < 1.29 is 0 Å². The monoisotopic (exact) mass is 219 g/mol. The third kappa shape index (κ3) is 2.73. The fraction of sp³-hybridized carbons (Fsp3) is 0.615. The van der Waals surface area contributed by atoms with E-state index in [1.807, 2.05) is 18.3 Å². The lowest BCUT2D eigenvalue weighted by Crippen LogP contribution is -2.32. The van der Waals surface area contributed by atoms with Crippen molar-refractivity contribution in [1.82, 2.24) is 9.88 Å². The fourth-order valence-corrected chi connectivity index (χ4v) is 2.14. The molecule has 0 unspecified atom stereocenters. The molecule has 0 spiro atoms. The van der Waals surface area contributed by atoms with Crippen LogP contribution in [0.4, 0.5) is 5.69 Å². The van der Waals surface area contributed by atoms with Gasteiger partial charge in [0.25, 0.3) is 0 Å². The first-order valence-corrected chi connectivity index (χ1v) is 6.21. The second-order valence-electron chi connectivity index (χ2n) is 4.66. The molecule has 1 aromatic heterocycles. The molecular formula is C13H21N3. The van der Waals surface area contributed by atoms with Crippen molar-refractivity contribution in [1.29, 1.82) is 0 Å². The normalized spacial score (nSPS) is 16.4. The zero-order valence-electron chi connectivity index (χ0n) is 10.0. The van der Waals surface area contributed by atoms with Gasteiger partial charge in [0.05, 0.1) is 11.4 Å². The van der Waals surface area contributed by atoms with E-state index < -0.39 is 0 Å². The predicted octanol–water partition coefficient (Wildman–Crippen LogP) is 2.29. The molecule has 0 aromatic carbocycles. The molecule has 2 N–H and O–H groups in total. The minimum Gasteiger partial charge on any atom is -0.397 e. The van der Waals surface area contributed by atoms with Crippen molar-refractivity contribution in [3.8, 4) is 0 Å². The number of rotatable bonds is 5. The Morgan fingerprint density at radius 2 is 2.31 bits per heavy atom. The van der Waals surface area contributed by atoms with Gasteiger partial charge in [-0.3, -0.25) is 9.88 Å². The van der Waals surface area contributed by atoms with E-state index >= 15 is 0 Å². The van der Waals surface area contributed by atoms with Crippen LogP contribution in [0, 0.1) is 5.92 Å². The van der Waals surface area contributed by atoms with Crippen molar-refractivity contribution in [2.24, 2.45) is 5.92 Å². The van der Waals surface area contributed by atoms with E-state index in [0.29, 0.717) is 0 Å². The minimum atomic E-state index is 0.814. The average Bonchev–Trinajstić information content (AvgIpc) is 2.24. The summed E-state index contributed by atoms with van der Waals surface area (Å²) < 4.78 is 0. The van der Waals surface area contributed by atoms with E-state index in [-0.39, 0.29) is 0 Å². The maximum Gasteiger partial charge on any atom is 0.0772 e. The third-order valence-corrected chi connectivity index (χ3v) is 3.49. The molecule has 1 heterocycles. The summed E-state index contributed by atoms with van der Waals surface area (Å²) in [5.41, 5.74) is 7.74. The number of nitrogen functional groups attached to an aromatic ring is 1. The summed E-state index contributed by atoms with van der Waals surface area (Å²) in [5, 5.41) is 0. The Kier molecular flexibility index (Phi) is 3.78.